The summed E-state index contributed by atoms with van der Waals surface area (Å²) in [7, 11) is 0. The first kappa shape index (κ1) is 14.5. The summed E-state index contributed by atoms with van der Waals surface area (Å²) >= 11 is 0. The molecule has 0 aliphatic carbocycles. The predicted molar refractivity (Wildman–Crippen MR) is 72.0 cm³/mol. The van der Waals surface area contributed by atoms with E-state index in [1.165, 1.54) is 0 Å². The number of nitrogens with one attached hydrogen (secondary N) is 1. The van der Waals surface area contributed by atoms with E-state index in [0.717, 1.165) is 51.7 Å². The molecule has 3 nitrogen and oxygen atoms in total. The van der Waals surface area contributed by atoms with Crippen LogP contribution in [0.1, 0.15) is 52.9 Å². The number of hydrogen-bond donors (Lipinski definition) is 1. The van der Waals surface area contributed by atoms with E-state index in [4.69, 9.17) is 0 Å². The van der Waals surface area contributed by atoms with Crippen LogP contribution in [0.15, 0.2) is 0 Å². The first-order valence-electron chi connectivity index (χ1n) is 7.21. The van der Waals surface area contributed by atoms with Gasteiger partial charge in [-0.2, -0.15) is 0 Å². The monoisotopic (exact) mass is 240 g/mol. The molecule has 1 unspecified atom stereocenters. The molecule has 1 amide bonds. The van der Waals surface area contributed by atoms with Crippen molar-refractivity contribution in [3.05, 3.63) is 0 Å². The standard InChI is InChI=1S/C14H28N2O/c1-4-6-10-16(12(3)5-2)14(17)13-8-7-9-15-11-13/h12-13,15H,4-11H2,1-3H3/t12?,13-/m1/s1. The minimum atomic E-state index is 0.217. The average Bonchev–Trinajstić information content (AvgIpc) is 2.39. The number of piperidine rings is 1. The maximum absolute atomic E-state index is 12.5. The van der Waals surface area contributed by atoms with Crippen molar-refractivity contribution >= 4 is 5.91 Å². The summed E-state index contributed by atoms with van der Waals surface area (Å²) in [5.41, 5.74) is 0. The van der Waals surface area contributed by atoms with E-state index in [1.807, 2.05) is 0 Å². The molecular weight excluding hydrogens is 212 g/mol. The molecule has 0 saturated carbocycles. The Bertz CT molecular complexity index is 224. The molecule has 0 bridgehead atoms. The second-order valence-corrected chi connectivity index (χ2v) is 5.19. The van der Waals surface area contributed by atoms with Gasteiger partial charge in [0.1, 0.15) is 0 Å². The molecule has 0 spiro atoms. The van der Waals surface area contributed by atoms with Crippen LogP contribution >= 0.6 is 0 Å². The lowest BCUT2D eigenvalue weighted by Gasteiger charge is -2.33. The van der Waals surface area contributed by atoms with Gasteiger partial charge in [0.15, 0.2) is 0 Å². The number of amides is 1. The van der Waals surface area contributed by atoms with Crippen LogP contribution in [0.5, 0.6) is 0 Å². The Morgan fingerprint density at radius 2 is 2.24 bits per heavy atom. The van der Waals surface area contributed by atoms with E-state index >= 15 is 0 Å². The number of nitrogens with zero attached hydrogens (tertiary/aromatic N) is 1. The first-order chi connectivity index (χ1) is 8.20. The second-order valence-electron chi connectivity index (χ2n) is 5.19. The van der Waals surface area contributed by atoms with Crippen LogP contribution in [0.25, 0.3) is 0 Å². The zero-order valence-corrected chi connectivity index (χ0v) is 11.7. The van der Waals surface area contributed by atoms with Crippen molar-refractivity contribution in [3.8, 4) is 0 Å². The molecule has 1 fully saturated rings. The summed E-state index contributed by atoms with van der Waals surface area (Å²) in [6, 6.07) is 0.385. The topological polar surface area (TPSA) is 32.3 Å². The largest absolute Gasteiger partial charge is 0.340 e. The lowest BCUT2D eigenvalue weighted by Crippen LogP contribution is -2.46. The third-order valence-corrected chi connectivity index (χ3v) is 3.80. The van der Waals surface area contributed by atoms with Gasteiger partial charge in [-0.25, -0.2) is 0 Å². The Labute approximate surface area is 106 Å². The lowest BCUT2D eigenvalue weighted by molar-refractivity contribution is -0.138. The maximum Gasteiger partial charge on any atom is 0.227 e. The quantitative estimate of drug-likeness (QED) is 0.773. The number of rotatable bonds is 6. The average molecular weight is 240 g/mol. The van der Waals surface area contributed by atoms with Crippen molar-refractivity contribution in [1.82, 2.24) is 10.2 Å². The van der Waals surface area contributed by atoms with E-state index in [0.29, 0.717) is 11.9 Å². The third kappa shape index (κ3) is 4.30. The second kappa shape index (κ2) is 7.70. The Balaban J connectivity index is 2.56. The molecule has 1 rings (SSSR count). The molecule has 0 radical (unpaired) electrons. The van der Waals surface area contributed by atoms with Crippen molar-refractivity contribution in [3.63, 3.8) is 0 Å². The minimum absolute atomic E-state index is 0.217. The van der Waals surface area contributed by atoms with Gasteiger partial charge in [0.2, 0.25) is 5.91 Å². The lowest BCUT2D eigenvalue weighted by atomic mass is 9.97. The summed E-state index contributed by atoms with van der Waals surface area (Å²) in [4.78, 5) is 14.6. The molecule has 17 heavy (non-hydrogen) atoms. The van der Waals surface area contributed by atoms with Crippen LogP contribution in [0.2, 0.25) is 0 Å². The molecule has 1 N–H and O–H groups in total. The van der Waals surface area contributed by atoms with E-state index in [1.54, 1.807) is 0 Å². The zero-order chi connectivity index (χ0) is 12.7. The smallest absolute Gasteiger partial charge is 0.227 e. The maximum atomic E-state index is 12.5. The van der Waals surface area contributed by atoms with E-state index < -0.39 is 0 Å². The van der Waals surface area contributed by atoms with Gasteiger partial charge >= 0.3 is 0 Å². The normalized spacial score (nSPS) is 22.2. The summed E-state index contributed by atoms with van der Waals surface area (Å²) in [6.07, 6.45) is 5.53. The van der Waals surface area contributed by atoms with Crippen molar-refractivity contribution in [2.45, 2.75) is 58.9 Å². The predicted octanol–water partition coefficient (Wildman–Crippen LogP) is 2.41. The minimum Gasteiger partial charge on any atom is -0.340 e. The van der Waals surface area contributed by atoms with Crippen LogP contribution in [-0.4, -0.2) is 36.5 Å². The molecule has 0 aromatic rings. The summed E-state index contributed by atoms with van der Waals surface area (Å²) < 4.78 is 0. The van der Waals surface area contributed by atoms with E-state index in [-0.39, 0.29) is 5.92 Å². The van der Waals surface area contributed by atoms with Gasteiger partial charge in [0, 0.05) is 19.1 Å². The number of hydrogen-bond acceptors (Lipinski definition) is 2. The SMILES string of the molecule is CCCCN(C(=O)[C@@H]1CCCNC1)C(C)CC. The van der Waals surface area contributed by atoms with E-state index in [2.05, 4.69) is 31.0 Å². The van der Waals surface area contributed by atoms with Crippen LogP contribution < -0.4 is 5.32 Å². The summed E-state index contributed by atoms with van der Waals surface area (Å²) in [6.45, 7) is 9.39. The van der Waals surface area contributed by atoms with E-state index in [9.17, 15) is 4.79 Å². The van der Waals surface area contributed by atoms with Crippen molar-refractivity contribution < 1.29 is 4.79 Å². The zero-order valence-electron chi connectivity index (χ0n) is 11.7. The Morgan fingerprint density at radius 3 is 2.76 bits per heavy atom. The number of unbranched alkanes of at least 4 members (excludes halogenated alkanes) is 1. The van der Waals surface area contributed by atoms with Gasteiger partial charge in [0.05, 0.1) is 5.92 Å². The molecule has 1 saturated heterocycles. The van der Waals surface area contributed by atoms with Crippen molar-refractivity contribution in [1.29, 1.82) is 0 Å². The summed E-state index contributed by atoms with van der Waals surface area (Å²) in [5.74, 6) is 0.592. The molecule has 1 aliphatic heterocycles. The highest BCUT2D eigenvalue weighted by molar-refractivity contribution is 5.79. The highest BCUT2D eigenvalue weighted by Gasteiger charge is 2.27. The van der Waals surface area contributed by atoms with Gasteiger partial charge in [-0.05, 0) is 39.2 Å². The Kier molecular flexibility index (Phi) is 6.56. The van der Waals surface area contributed by atoms with Crippen LogP contribution in [0.3, 0.4) is 0 Å². The van der Waals surface area contributed by atoms with Gasteiger partial charge in [0.25, 0.3) is 0 Å². The molecule has 2 atom stereocenters. The van der Waals surface area contributed by atoms with Crippen LogP contribution in [0, 0.1) is 5.92 Å². The Hall–Kier alpha value is -0.570. The highest BCUT2D eigenvalue weighted by atomic mass is 16.2. The fourth-order valence-electron chi connectivity index (χ4n) is 2.39. The molecule has 0 aromatic carbocycles. The molecule has 100 valence electrons. The highest BCUT2D eigenvalue weighted by Crippen LogP contribution is 2.17. The first-order valence-corrected chi connectivity index (χ1v) is 7.21. The van der Waals surface area contributed by atoms with Crippen molar-refractivity contribution in [2.75, 3.05) is 19.6 Å². The number of carbonyl (C=O) groups excluding carboxylic acids is 1. The summed E-state index contributed by atoms with van der Waals surface area (Å²) in [5, 5.41) is 3.34. The fourth-order valence-corrected chi connectivity index (χ4v) is 2.39. The molecule has 1 aliphatic rings. The third-order valence-electron chi connectivity index (χ3n) is 3.80. The van der Waals surface area contributed by atoms with Crippen molar-refractivity contribution in [2.24, 2.45) is 5.92 Å². The number of carbonyl (C=O) groups is 1. The Morgan fingerprint density at radius 1 is 1.47 bits per heavy atom. The van der Waals surface area contributed by atoms with Gasteiger partial charge in [-0.15, -0.1) is 0 Å². The van der Waals surface area contributed by atoms with Gasteiger partial charge in [-0.1, -0.05) is 20.3 Å². The fraction of sp³-hybridized carbons (Fsp3) is 0.929. The van der Waals surface area contributed by atoms with Crippen LogP contribution in [0.4, 0.5) is 0 Å². The molecule has 3 heteroatoms. The van der Waals surface area contributed by atoms with Gasteiger partial charge in [-0.3, -0.25) is 4.79 Å². The van der Waals surface area contributed by atoms with Crippen LogP contribution in [-0.2, 0) is 4.79 Å². The molecule has 0 aromatic heterocycles. The molecular formula is C14H28N2O. The molecule has 1 heterocycles. The van der Waals surface area contributed by atoms with Gasteiger partial charge < -0.3 is 10.2 Å².